The van der Waals surface area contributed by atoms with Gasteiger partial charge in [-0.25, -0.2) is 0 Å². The molecular weight excluding hydrogens is 138 g/mol. The maximum Gasteiger partial charge on any atom is 0.0562 e. The van der Waals surface area contributed by atoms with Gasteiger partial charge in [-0.2, -0.15) is 0 Å². The van der Waals surface area contributed by atoms with E-state index in [1.165, 1.54) is 0 Å². The molecule has 2 heteroatoms. The van der Waals surface area contributed by atoms with Crippen LogP contribution in [0.3, 0.4) is 0 Å². The van der Waals surface area contributed by atoms with Crippen molar-refractivity contribution in [2.75, 3.05) is 6.61 Å². The first-order valence-electron chi connectivity index (χ1n) is 3.78. The average Bonchev–Trinajstić information content (AvgIpc) is 2.15. The van der Waals surface area contributed by atoms with Gasteiger partial charge in [0.15, 0.2) is 0 Å². The van der Waals surface area contributed by atoms with Crippen LogP contribution in [0.4, 0.5) is 0 Å². The molecule has 1 rings (SSSR count). The predicted octanol–water partition coefficient (Wildman–Crippen LogP) is 1.52. The average molecular weight is 151 g/mol. The van der Waals surface area contributed by atoms with Crippen LogP contribution < -0.4 is 0 Å². The summed E-state index contributed by atoms with van der Waals surface area (Å²) in [6, 6.07) is 0. The summed E-state index contributed by atoms with van der Waals surface area (Å²) in [6.45, 7) is 2.08. The molecule has 2 N–H and O–H groups in total. The van der Waals surface area contributed by atoms with E-state index in [0.717, 1.165) is 12.0 Å². The third-order valence-corrected chi connectivity index (χ3v) is 1.87. The number of aliphatic hydroxyl groups excluding tert-OH is 1. The first-order chi connectivity index (χ1) is 5.24. The van der Waals surface area contributed by atoms with E-state index in [2.05, 4.69) is 0 Å². The number of hydrogen-bond donors (Lipinski definition) is 2. The minimum atomic E-state index is 0.176. The Morgan fingerprint density at radius 2 is 2.45 bits per heavy atom. The van der Waals surface area contributed by atoms with Gasteiger partial charge < -0.3 is 10.5 Å². The quantitative estimate of drug-likeness (QED) is 0.586. The first-order valence-corrected chi connectivity index (χ1v) is 3.78. The second kappa shape index (κ2) is 3.49. The lowest BCUT2D eigenvalue weighted by Gasteiger charge is -2.04. The molecule has 0 aliphatic heterocycles. The fraction of sp³-hybridized carbons (Fsp3) is 0.444. The van der Waals surface area contributed by atoms with Crippen LogP contribution in [-0.2, 0) is 0 Å². The SMILES string of the molecule is CC1=CC(CO)CC=CC1=N. The van der Waals surface area contributed by atoms with Gasteiger partial charge in [-0.3, -0.25) is 0 Å². The summed E-state index contributed by atoms with van der Waals surface area (Å²) >= 11 is 0. The smallest absolute Gasteiger partial charge is 0.0562 e. The van der Waals surface area contributed by atoms with Crippen molar-refractivity contribution in [3.8, 4) is 0 Å². The molecule has 0 amide bonds. The summed E-state index contributed by atoms with van der Waals surface area (Å²) in [4.78, 5) is 0. The van der Waals surface area contributed by atoms with Crippen LogP contribution >= 0.6 is 0 Å². The number of nitrogens with one attached hydrogen (secondary N) is 1. The molecule has 0 aromatic rings. The molecule has 11 heavy (non-hydrogen) atoms. The molecule has 0 saturated carbocycles. The third-order valence-electron chi connectivity index (χ3n) is 1.87. The summed E-state index contributed by atoms with van der Waals surface area (Å²) in [7, 11) is 0. The standard InChI is InChI=1S/C9H13NO/c1-7-5-8(6-11)3-2-4-9(7)10/h2,4-5,8,10-11H,3,6H2,1H3. The number of rotatable bonds is 1. The fourth-order valence-corrected chi connectivity index (χ4v) is 1.13. The highest BCUT2D eigenvalue weighted by Gasteiger charge is 2.07. The van der Waals surface area contributed by atoms with Crippen LogP contribution in [0.1, 0.15) is 13.3 Å². The van der Waals surface area contributed by atoms with E-state index in [-0.39, 0.29) is 12.5 Å². The minimum Gasteiger partial charge on any atom is -0.396 e. The molecule has 1 aliphatic carbocycles. The van der Waals surface area contributed by atoms with Gasteiger partial charge >= 0.3 is 0 Å². The highest BCUT2D eigenvalue weighted by Crippen LogP contribution is 2.13. The van der Waals surface area contributed by atoms with Crippen molar-refractivity contribution >= 4 is 5.71 Å². The van der Waals surface area contributed by atoms with Crippen LogP contribution in [0.25, 0.3) is 0 Å². The Kier molecular flexibility index (Phi) is 2.60. The molecule has 0 radical (unpaired) electrons. The maximum atomic E-state index is 8.87. The highest BCUT2D eigenvalue weighted by molar-refractivity contribution is 6.05. The zero-order chi connectivity index (χ0) is 8.27. The Morgan fingerprint density at radius 1 is 1.73 bits per heavy atom. The second-order valence-corrected chi connectivity index (χ2v) is 2.84. The van der Waals surface area contributed by atoms with Crippen molar-refractivity contribution in [2.24, 2.45) is 5.92 Å². The molecule has 60 valence electrons. The van der Waals surface area contributed by atoms with E-state index in [1.54, 1.807) is 6.08 Å². The molecule has 1 aliphatic rings. The molecule has 1 unspecified atom stereocenters. The molecule has 0 heterocycles. The zero-order valence-electron chi connectivity index (χ0n) is 6.67. The minimum absolute atomic E-state index is 0.176. The molecule has 0 bridgehead atoms. The Morgan fingerprint density at radius 3 is 3.09 bits per heavy atom. The summed E-state index contributed by atoms with van der Waals surface area (Å²) in [5, 5.41) is 16.3. The van der Waals surface area contributed by atoms with Crippen LogP contribution in [-0.4, -0.2) is 17.4 Å². The molecule has 0 aromatic carbocycles. The maximum absolute atomic E-state index is 8.87. The van der Waals surface area contributed by atoms with Crippen molar-refractivity contribution in [1.82, 2.24) is 0 Å². The van der Waals surface area contributed by atoms with Crippen LogP contribution in [0, 0.1) is 11.3 Å². The number of allylic oxidation sites excluding steroid dienone is 3. The van der Waals surface area contributed by atoms with Gasteiger partial charge in [0.1, 0.15) is 0 Å². The zero-order valence-corrected chi connectivity index (χ0v) is 6.67. The van der Waals surface area contributed by atoms with E-state index in [1.807, 2.05) is 19.1 Å². The van der Waals surface area contributed by atoms with E-state index in [4.69, 9.17) is 10.5 Å². The monoisotopic (exact) mass is 151 g/mol. The topological polar surface area (TPSA) is 44.1 Å². The molecule has 2 nitrogen and oxygen atoms in total. The van der Waals surface area contributed by atoms with E-state index in [0.29, 0.717) is 5.71 Å². The lowest BCUT2D eigenvalue weighted by atomic mass is 10.1. The van der Waals surface area contributed by atoms with Gasteiger partial charge in [-0.15, -0.1) is 0 Å². The largest absolute Gasteiger partial charge is 0.396 e. The normalized spacial score (nSPS) is 24.7. The van der Waals surface area contributed by atoms with E-state index in [9.17, 15) is 0 Å². The van der Waals surface area contributed by atoms with Crippen molar-refractivity contribution in [3.05, 3.63) is 23.8 Å². The molecule has 0 saturated heterocycles. The van der Waals surface area contributed by atoms with Crippen LogP contribution in [0.2, 0.25) is 0 Å². The molecule has 0 spiro atoms. The summed E-state index contributed by atoms with van der Waals surface area (Å²) in [6.07, 6.45) is 6.54. The van der Waals surface area contributed by atoms with Gasteiger partial charge in [0.2, 0.25) is 0 Å². The molecule has 0 aromatic heterocycles. The third kappa shape index (κ3) is 2.02. The summed E-state index contributed by atoms with van der Waals surface area (Å²) in [5.41, 5.74) is 1.51. The van der Waals surface area contributed by atoms with Gasteiger partial charge in [-0.1, -0.05) is 12.2 Å². The van der Waals surface area contributed by atoms with Gasteiger partial charge in [0, 0.05) is 12.5 Å². The lowest BCUT2D eigenvalue weighted by molar-refractivity contribution is 0.253. The van der Waals surface area contributed by atoms with Gasteiger partial charge in [0.05, 0.1) is 5.71 Å². The van der Waals surface area contributed by atoms with Crippen molar-refractivity contribution in [1.29, 1.82) is 5.41 Å². The number of aliphatic hydroxyl groups is 1. The molecule has 0 fully saturated rings. The van der Waals surface area contributed by atoms with Crippen LogP contribution in [0.5, 0.6) is 0 Å². The molecular formula is C9H13NO. The summed E-state index contributed by atoms with van der Waals surface area (Å²) in [5.74, 6) is 0.203. The van der Waals surface area contributed by atoms with Gasteiger partial charge in [0.25, 0.3) is 0 Å². The fourth-order valence-electron chi connectivity index (χ4n) is 1.13. The van der Waals surface area contributed by atoms with Crippen LogP contribution in [0.15, 0.2) is 23.8 Å². The van der Waals surface area contributed by atoms with Crippen molar-refractivity contribution in [2.45, 2.75) is 13.3 Å². The first kappa shape index (κ1) is 8.21. The Hall–Kier alpha value is -0.890. The van der Waals surface area contributed by atoms with Crippen molar-refractivity contribution in [3.63, 3.8) is 0 Å². The van der Waals surface area contributed by atoms with Gasteiger partial charge in [-0.05, 0) is 25.0 Å². The number of hydrogen-bond acceptors (Lipinski definition) is 2. The molecule has 1 atom stereocenters. The highest BCUT2D eigenvalue weighted by atomic mass is 16.3. The second-order valence-electron chi connectivity index (χ2n) is 2.84. The predicted molar refractivity (Wildman–Crippen MR) is 45.8 cm³/mol. The van der Waals surface area contributed by atoms with E-state index >= 15 is 0 Å². The Labute approximate surface area is 66.8 Å². The van der Waals surface area contributed by atoms with Crippen molar-refractivity contribution < 1.29 is 5.11 Å². The Bertz CT molecular complexity index is 216. The Balaban J connectivity index is 2.79. The summed E-state index contributed by atoms with van der Waals surface area (Å²) < 4.78 is 0. The van der Waals surface area contributed by atoms with E-state index < -0.39 is 0 Å². The lowest BCUT2D eigenvalue weighted by Crippen LogP contribution is -2.01.